The summed E-state index contributed by atoms with van der Waals surface area (Å²) in [5.74, 6) is 1.59. The Labute approximate surface area is 121 Å². The van der Waals surface area contributed by atoms with Crippen molar-refractivity contribution in [2.45, 2.75) is 32.9 Å². The minimum absolute atomic E-state index is 0.137. The number of anilines is 1. The molecule has 0 radical (unpaired) electrons. The van der Waals surface area contributed by atoms with Gasteiger partial charge in [0.15, 0.2) is 5.17 Å². The molecule has 0 spiro atoms. The molecule has 3 nitrogen and oxygen atoms in total. The first-order valence-corrected chi connectivity index (χ1v) is 7.56. The third-order valence-electron chi connectivity index (χ3n) is 3.05. The molecule has 1 aliphatic rings. The molecule has 1 heterocycles. The minimum atomic E-state index is -2.83. The van der Waals surface area contributed by atoms with Gasteiger partial charge in [-0.25, -0.2) is 0 Å². The molecule has 0 amide bonds. The summed E-state index contributed by atoms with van der Waals surface area (Å²) in [6.07, 6.45) is 1.04. The highest BCUT2D eigenvalue weighted by Crippen LogP contribution is 2.29. The first-order chi connectivity index (χ1) is 9.56. The maximum absolute atomic E-state index is 12.4. The van der Waals surface area contributed by atoms with Crippen LogP contribution in [0.1, 0.15) is 20.3 Å². The fraction of sp³-hybridized carbons (Fsp3) is 0.500. The van der Waals surface area contributed by atoms with Crippen molar-refractivity contribution in [3.05, 3.63) is 24.3 Å². The van der Waals surface area contributed by atoms with E-state index in [0.717, 1.165) is 17.3 Å². The molecule has 1 N–H and O–H groups in total. The van der Waals surface area contributed by atoms with Crippen LogP contribution in [0.5, 0.6) is 5.75 Å². The van der Waals surface area contributed by atoms with Crippen molar-refractivity contribution in [3.63, 3.8) is 0 Å². The summed E-state index contributed by atoms with van der Waals surface area (Å²) in [6.45, 7) is 1.44. The van der Waals surface area contributed by atoms with E-state index in [-0.39, 0.29) is 11.8 Å². The van der Waals surface area contributed by atoms with E-state index in [4.69, 9.17) is 0 Å². The number of nitrogens with one attached hydrogen (secondary N) is 1. The highest BCUT2D eigenvalue weighted by molar-refractivity contribution is 8.14. The Morgan fingerprint density at radius 1 is 1.35 bits per heavy atom. The number of hydrogen-bond donors (Lipinski definition) is 1. The molecule has 20 heavy (non-hydrogen) atoms. The summed E-state index contributed by atoms with van der Waals surface area (Å²) in [4.78, 5) is 4.62. The van der Waals surface area contributed by atoms with E-state index in [2.05, 4.69) is 28.9 Å². The molecule has 0 fully saturated rings. The predicted molar refractivity (Wildman–Crippen MR) is 79.8 cm³/mol. The van der Waals surface area contributed by atoms with E-state index in [0.29, 0.717) is 11.6 Å². The molecule has 6 heteroatoms. The Balaban J connectivity index is 2.13. The van der Waals surface area contributed by atoms with Gasteiger partial charge in [0.2, 0.25) is 0 Å². The molecule has 1 unspecified atom stereocenters. The largest absolute Gasteiger partial charge is 0.433 e. The van der Waals surface area contributed by atoms with Gasteiger partial charge in [-0.2, -0.15) is 8.78 Å². The van der Waals surface area contributed by atoms with Crippen LogP contribution in [-0.4, -0.2) is 23.6 Å². The molecule has 0 aromatic heterocycles. The Kier molecular flexibility index (Phi) is 5.23. The molecule has 1 atom stereocenters. The molecule has 0 saturated carbocycles. The van der Waals surface area contributed by atoms with Crippen LogP contribution in [0.15, 0.2) is 29.3 Å². The summed E-state index contributed by atoms with van der Waals surface area (Å²) in [5, 5.41) is 3.86. The van der Waals surface area contributed by atoms with Crippen molar-refractivity contribution in [2.24, 2.45) is 10.9 Å². The van der Waals surface area contributed by atoms with E-state index in [1.165, 1.54) is 6.07 Å². The van der Waals surface area contributed by atoms with Gasteiger partial charge in [-0.15, -0.1) is 0 Å². The van der Waals surface area contributed by atoms with Crippen LogP contribution in [0.4, 0.5) is 14.5 Å². The smallest absolute Gasteiger partial charge is 0.387 e. The molecule has 0 saturated heterocycles. The van der Waals surface area contributed by atoms with Crippen LogP contribution >= 0.6 is 11.8 Å². The second-order valence-electron chi connectivity index (χ2n) is 4.88. The highest BCUT2D eigenvalue weighted by atomic mass is 32.2. The van der Waals surface area contributed by atoms with Gasteiger partial charge in [0.05, 0.1) is 11.7 Å². The van der Waals surface area contributed by atoms with Gasteiger partial charge in [-0.1, -0.05) is 37.7 Å². The van der Waals surface area contributed by atoms with Crippen molar-refractivity contribution >= 4 is 22.6 Å². The van der Waals surface area contributed by atoms with Crippen LogP contribution in [0.25, 0.3) is 0 Å². The van der Waals surface area contributed by atoms with Crippen LogP contribution < -0.4 is 10.1 Å². The summed E-state index contributed by atoms with van der Waals surface area (Å²) >= 11 is 1.60. The lowest BCUT2D eigenvalue weighted by molar-refractivity contribution is -0.0493. The normalized spacial score (nSPS) is 19.1. The fourth-order valence-electron chi connectivity index (χ4n) is 1.96. The van der Waals surface area contributed by atoms with Gasteiger partial charge < -0.3 is 10.1 Å². The first kappa shape index (κ1) is 15.1. The van der Waals surface area contributed by atoms with Crippen LogP contribution in [-0.2, 0) is 0 Å². The number of amidine groups is 1. The first-order valence-electron chi connectivity index (χ1n) is 6.57. The summed E-state index contributed by atoms with van der Waals surface area (Å²) < 4.78 is 29.2. The van der Waals surface area contributed by atoms with Crippen LogP contribution in [0, 0.1) is 5.92 Å². The lowest BCUT2D eigenvalue weighted by Gasteiger charge is -2.23. The number of halogens is 2. The molecular weight excluding hydrogens is 282 g/mol. The topological polar surface area (TPSA) is 33.6 Å². The third-order valence-corrected chi connectivity index (χ3v) is 3.97. The third kappa shape index (κ3) is 4.10. The Morgan fingerprint density at radius 3 is 2.80 bits per heavy atom. The standard InChI is InChI=1S/C14H18F2N2OS/c1-9(2)10-7-8-20-14(17-10)18-11-5-3-4-6-12(11)19-13(15)16/h3-6,9-10,13H,7-8H2,1-2H3,(H,17,18). The van der Waals surface area contributed by atoms with Gasteiger partial charge in [-0.3, -0.25) is 4.99 Å². The van der Waals surface area contributed by atoms with Crippen molar-refractivity contribution < 1.29 is 13.5 Å². The number of hydrogen-bond acceptors (Lipinski definition) is 4. The van der Waals surface area contributed by atoms with Crippen molar-refractivity contribution in [1.82, 2.24) is 0 Å². The number of aliphatic imine (C=N–C) groups is 1. The highest BCUT2D eigenvalue weighted by Gasteiger charge is 2.19. The maximum atomic E-state index is 12.4. The van der Waals surface area contributed by atoms with E-state index in [9.17, 15) is 8.78 Å². The van der Waals surface area contributed by atoms with Crippen molar-refractivity contribution in [1.29, 1.82) is 0 Å². The van der Waals surface area contributed by atoms with E-state index < -0.39 is 6.61 Å². The quantitative estimate of drug-likeness (QED) is 0.904. The SMILES string of the molecule is CC(C)C1CCSC(Nc2ccccc2OC(F)F)=N1. The Hall–Kier alpha value is -1.30. The second-order valence-corrected chi connectivity index (χ2v) is 5.97. The lowest BCUT2D eigenvalue weighted by Crippen LogP contribution is -2.24. The second kappa shape index (κ2) is 6.92. The Morgan fingerprint density at radius 2 is 2.10 bits per heavy atom. The number of ether oxygens (including phenoxy) is 1. The van der Waals surface area contributed by atoms with E-state index in [1.54, 1.807) is 30.0 Å². The zero-order valence-corrected chi connectivity index (χ0v) is 12.3. The van der Waals surface area contributed by atoms with Gasteiger partial charge >= 0.3 is 6.61 Å². The van der Waals surface area contributed by atoms with Crippen LogP contribution in [0.3, 0.4) is 0 Å². The maximum Gasteiger partial charge on any atom is 0.387 e. The molecule has 110 valence electrons. The number of para-hydroxylation sites is 2. The van der Waals surface area contributed by atoms with Gasteiger partial charge in [-0.05, 0) is 24.5 Å². The van der Waals surface area contributed by atoms with Gasteiger partial charge in [0, 0.05) is 5.75 Å². The average Bonchev–Trinajstić information content (AvgIpc) is 2.41. The zero-order chi connectivity index (χ0) is 14.5. The minimum Gasteiger partial charge on any atom is -0.433 e. The average molecular weight is 300 g/mol. The molecule has 0 bridgehead atoms. The molecule has 1 aromatic rings. The number of benzene rings is 1. The molecular formula is C14H18F2N2OS. The molecule has 1 aliphatic heterocycles. The number of nitrogens with zero attached hydrogens (tertiary/aromatic N) is 1. The summed E-state index contributed by atoms with van der Waals surface area (Å²) in [7, 11) is 0. The summed E-state index contributed by atoms with van der Waals surface area (Å²) in [6, 6.07) is 6.94. The van der Waals surface area contributed by atoms with E-state index in [1.807, 2.05) is 0 Å². The number of rotatable bonds is 4. The van der Waals surface area contributed by atoms with Crippen LogP contribution in [0.2, 0.25) is 0 Å². The summed E-state index contributed by atoms with van der Waals surface area (Å²) in [5.41, 5.74) is 0.517. The number of thioether (sulfide) groups is 1. The molecule has 2 rings (SSSR count). The Bertz CT molecular complexity index is 480. The molecule has 1 aromatic carbocycles. The fourth-order valence-corrected chi connectivity index (χ4v) is 2.91. The van der Waals surface area contributed by atoms with Crippen molar-refractivity contribution in [2.75, 3.05) is 11.1 Å². The molecule has 0 aliphatic carbocycles. The number of alkyl halides is 2. The van der Waals surface area contributed by atoms with Gasteiger partial charge in [0.25, 0.3) is 0 Å². The van der Waals surface area contributed by atoms with E-state index >= 15 is 0 Å². The zero-order valence-electron chi connectivity index (χ0n) is 11.5. The predicted octanol–water partition coefficient (Wildman–Crippen LogP) is 4.22. The van der Waals surface area contributed by atoms with Gasteiger partial charge in [0.1, 0.15) is 5.75 Å². The monoisotopic (exact) mass is 300 g/mol. The van der Waals surface area contributed by atoms with Crippen molar-refractivity contribution in [3.8, 4) is 5.75 Å². The lowest BCUT2D eigenvalue weighted by atomic mass is 10.0.